The minimum absolute atomic E-state index is 0.0975. The van der Waals surface area contributed by atoms with E-state index in [-0.39, 0.29) is 23.7 Å². The van der Waals surface area contributed by atoms with E-state index in [0.717, 1.165) is 20.8 Å². The first-order chi connectivity index (χ1) is 17.5. The molecule has 0 bridgehead atoms. The minimum atomic E-state index is -0.557. The zero-order valence-electron chi connectivity index (χ0n) is 19.2. The van der Waals surface area contributed by atoms with Gasteiger partial charge in [-0.25, -0.2) is 19.3 Å². The first-order valence-corrected chi connectivity index (χ1v) is 11.9. The minimum Gasteiger partial charge on any atom is -0.347 e. The molecule has 5 aromatic rings. The fourth-order valence-corrected chi connectivity index (χ4v) is 4.65. The molecule has 0 radical (unpaired) electrons. The number of aryl methyl sites for hydroxylation is 1. The van der Waals surface area contributed by atoms with E-state index in [1.807, 2.05) is 31.2 Å². The summed E-state index contributed by atoms with van der Waals surface area (Å²) in [6.45, 7) is 2.21. The Bertz CT molecular complexity index is 1570. The van der Waals surface area contributed by atoms with Crippen molar-refractivity contribution in [1.82, 2.24) is 20.3 Å². The van der Waals surface area contributed by atoms with Crippen molar-refractivity contribution in [2.45, 2.75) is 13.5 Å². The molecule has 36 heavy (non-hydrogen) atoms. The lowest BCUT2D eigenvalue weighted by molar-refractivity contribution is 0.0931. The van der Waals surface area contributed by atoms with E-state index in [1.165, 1.54) is 30.1 Å². The predicted octanol–water partition coefficient (Wildman–Crippen LogP) is 5.38. The van der Waals surface area contributed by atoms with Crippen molar-refractivity contribution in [2.24, 2.45) is 0 Å². The molecule has 0 unspecified atom stereocenters. The van der Waals surface area contributed by atoms with Crippen LogP contribution in [0.5, 0.6) is 0 Å². The average molecular weight is 498 g/mol. The first-order valence-electron chi connectivity index (χ1n) is 11.1. The summed E-state index contributed by atoms with van der Waals surface area (Å²) in [6.07, 6.45) is 2.70. The Morgan fingerprint density at radius 3 is 2.31 bits per heavy atom. The number of carbonyl (C=O) groups excluding carboxylic acids is 2. The maximum Gasteiger partial charge on any atom is 0.276 e. The lowest BCUT2D eigenvalue weighted by Crippen LogP contribution is -2.28. The van der Waals surface area contributed by atoms with Gasteiger partial charge < -0.3 is 10.6 Å². The molecule has 0 aliphatic heterocycles. The summed E-state index contributed by atoms with van der Waals surface area (Å²) in [5.74, 6) is -1.47. The summed E-state index contributed by atoms with van der Waals surface area (Å²) in [6, 6.07) is 19.2. The van der Waals surface area contributed by atoms with Crippen LogP contribution in [0.1, 0.15) is 32.1 Å². The van der Waals surface area contributed by atoms with Crippen molar-refractivity contribution in [1.29, 1.82) is 0 Å². The first kappa shape index (κ1) is 23.3. The fraction of sp³-hybridized carbons (Fsp3) is 0.0741. The number of aromatic nitrogens is 3. The number of fused-ring (bicyclic) bond motifs is 1. The number of halogens is 1. The van der Waals surface area contributed by atoms with E-state index in [0.29, 0.717) is 11.3 Å². The third kappa shape index (κ3) is 5.11. The van der Waals surface area contributed by atoms with Gasteiger partial charge in [0.2, 0.25) is 0 Å². The third-order valence-electron chi connectivity index (χ3n) is 5.43. The number of rotatable bonds is 6. The van der Waals surface area contributed by atoms with E-state index in [2.05, 4.69) is 31.7 Å². The van der Waals surface area contributed by atoms with Gasteiger partial charge in [-0.2, -0.15) is 0 Å². The monoisotopic (exact) mass is 497 g/mol. The van der Waals surface area contributed by atoms with E-state index >= 15 is 0 Å². The van der Waals surface area contributed by atoms with Gasteiger partial charge in [-0.1, -0.05) is 18.2 Å². The number of thiazole rings is 1. The van der Waals surface area contributed by atoms with Crippen LogP contribution in [0.15, 0.2) is 79.1 Å². The van der Waals surface area contributed by atoms with Crippen molar-refractivity contribution in [2.75, 3.05) is 5.32 Å². The molecule has 178 valence electrons. The Balaban J connectivity index is 1.28. The van der Waals surface area contributed by atoms with Gasteiger partial charge in [-0.15, -0.1) is 11.3 Å². The van der Waals surface area contributed by atoms with Crippen molar-refractivity contribution in [3.63, 3.8) is 0 Å². The van der Waals surface area contributed by atoms with Crippen LogP contribution in [-0.2, 0) is 6.54 Å². The van der Waals surface area contributed by atoms with Crippen molar-refractivity contribution in [3.8, 4) is 10.6 Å². The zero-order chi connectivity index (χ0) is 25.1. The van der Waals surface area contributed by atoms with Gasteiger partial charge in [0.15, 0.2) is 11.4 Å². The van der Waals surface area contributed by atoms with Crippen LogP contribution in [0.25, 0.3) is 20.8 Å². The van der Waals surface area contributed by atoms with Gasteiger partial charge in [0.25, 0.3) is 11.8 Å². The molecule has 0 aliphatic carbocycles. The summed E-state index contributed by atoms with van der Waals surface area (Å²) in [7, 11) is 0. The van der Waals surface area contributed by atoms with E-state index in [4.69, 9.17) is 0 Å². The van der Waals surface area contributed by atoms with E-state index in [9.17, 15) is 14.0 Å². The number of hydrogen-bond acceptors (Lipinski definition) is 6. The Morgan fingerprint density at radius 2 is 1.58 bits per heavy atom. The van der Waals surface area contributed by atoms with Crippen LogP contribution in [0, 0.1) is 12.7 Å². The number of anilines is 1. The summed E-state index contributed by atoms with van der Waals surface area (Å²) in [4.78, 5) is 38.4. The second-order valence-electron chi connectivity index (χ2n) is 8.08. The molecule has 2 N–H and O–H groups in total. The predicted molar refractivity (Wildman–Crippen MR) is 137 cm³/mol. The maximum atomic E-state index is 13.1. The molecule has 0 aliphatic rings. The largest absolute Gasteiger partial charge is 0.347 e. The SMILES string of the molecule is Cc1ccc2nc(-c3ccc(NC(=O)c4nccnc4C(=O)NCc4ccc(F)cc4)cc3)sc2c1. The zero-order valence-corrected chi connectivity index (χ0v) is 20.0. The van der Waals surface area contributed by atoms with Gasteiger partial charge in [-0.3, -0.25) is 9.59 Å². The molecular weight excluding hydrogens is 477 g/mol. The van der Waals surface area contributed by atoms with Crippen molar-refractivity contribution >= 4 is 39.1 Å². The topological polar surface area (TPSA) is 96.9 Å². The highest BCUT2D eigenvalue weighted by atomic mass is 32.1. The normalized spacial score (nSPS) is 10.8. The lowest BCUT2D eigenvalue weighted by Gasteiger charge is -2.09. The molecule has 0 fully saturated rings. The molecule has 2 heterocycles. The summed E-state index contributed by atoms with van der Waals surface area (Å²) < 4.78 is 14.2. The average Bonchev–Trinajstić information content (AvgIpc) is 3.32. The highest BCUT2D eigenvalue weighted by Gasteiger charge is 2.20. The maximum absolute atomic E-state index is 13.1. The fourth-order valence-electron chi connectivity index (χ4n) is 3.58. The van der Waals surface area contributed by atoms with Crippen LogP contribution >= 0.6 is 11.3 Å². The number of carbonyl (C=O) groups is 2. The number of amides is 2. The van der Waals surface area contributed by atoms with Crippen LogP contribution in [0.4, 0.5) is 10.1 Å². The van der Waals surface area contributed by atoms with Crippen molar-refractivity contribution in [3.05, 3.63) is 107 Å². The standard InChI is InChI=1S/C27H20FN5O2S/c1-16-2-11-21-22(14-16)36-27(33-21)18-5-9-20(10-6-18)32-26(35)24-23(29-12-13-30-24)25(34)31-15-17-3-7-19(28)8-4-17/h2-14H,15H2,1H3,(H,31,34)(H,32,35). The van der Waals surface area contributed by atoms with Gasteiger partial charge >= 0.3 is 0 Å². The van der Waals surface area contributed by atoms with Crippen LogP contribution in [-0.4, -0.2) is 26.8 Å². The highest BCUT2D eigenvalue weighted by Crippen LogP contribution is 2.31. The summed E-state index contributed by atoms with van der Waals surface area (Å²) >= 11 is 1.61. The number of hydrogen-bond donors (Lipinski definition) is 2. The molecule has 0 atom stereocenters. The van der Waals surface area contributed by atoms with E-state index < -0.39 is 11.8 Å². The third-order valence-corrected chi connectivity index (χ3v) is 6.50. The molecule has 7 nitrogen and oxygen atoms in total. The Morgan fingerprint density at radius 1 is 0.889 bits per heavy atom. The molecular formula is C27H20FN5O2S. The van der Waals surface area contributed by atoms with Gasteiger partial charge in [-0.05, 0) is 66.6 Å². The molecule has 2 aromatic heterocycles. The van der Waals surface area contributed by atoms with Crippen LogP contribution in [0.2, 0.25) is 0 Å². The molecule has 0 saturated carbocycles. The summed E-state index contributed by atoms with van der Waals surface area (Å²) in [5, 5.41) is 6.34. The number of nitrogens with one attached hydrogen (secondary N) is 2. The Labute approximate surface area is 210 Å². The quantitative estimate of drug-likeness (QED) is 0.328. The lowest BCUT2D eigenvalue weighted by atomic mass is 10.2. The van der Waals surface area contributed by atoms with E-state index in [1.54, 1.807) is 35.6 Å². The van der Waals surface area contributed by atoms with Crippen molar-refractivity contribution < 1.29 is 14.0 Å². The number of benzene rings is 3. The highest BCUT2D eigenvalue weighted by molar-refractivity contribution is 7.21. The molecule has 5 rings (SSSR count). The molecule has 0 saturated heterocycles. The molecule has 0 spiro atoms. The Kier molecular flexibility index (Phi) is 6.46. The second-order valence-corrected chi connectivity index (χ2v) is 9.12. The molecule has 9 heteroatoms. The summed E-state index contributed by atoms with van der Waals surface area (Å²) in [5.41, 5.74) is 4.13. The molecule has 2 amide bonds. The number of nitrogens with zero attached hydrogens (tertiary/aromatic N) is 3. The molecule has 3 aromatic carbocycles. The Hall–Kier alpha value is -4.50. The van der Waals surface area contributed by atoms with Crippen LogP contribution < -0.4 is 10.6 Å². The van der Waals surface area contributed by atoms with Gasteiger partial charge in [0, 0.05) is 30.2 Å². The van der Waals surface area contributed by atoms with Gasteiger partial charge in [0.05, 0.1) is 10.2 Å². The second kappa shape index (κ2) is 10.0. The van der Waals surface area contributed by atoms with Gasteiger partial charge in [0.1, 0.15) is 10.8 Å². The van der Waals surface area contributed by atoms with Crippen LogP contribution in [0.3, 0.4) is 0 Å². The smallest absolute Gasteiger partial charge is 0.276 e.